The van der Waals surface area contributed by atoms with Gasteiger partial charge in [0, 0.05) is 21.9 Å². The molecule has 0 fully saturated rings. The average Bonchev–Trinajstić information content (AvgIpc) is 2.55. The van der Waals surface area contributed by atoms with Gasteiger partial charge in [0.15, 0.2) is 0 Å². The first-order valence-corrected chi connectivity index (χ1v) is 5.53. The Morgan fingerprint density at radius 2 is 2.40 bits per heavy atom. The minimum Gasteiger partial charge on any atom is -0.399 e. The molecule has 2 rings (SSSR count). The molecule has 0 spiro atoms. The van der Waals surface area contributed by atoms with Crippen molar-refractivity contribution < 1.29 is 0 Å². The molecule has 0 unspecified atom stereocenters. The topological polar surface area (TPSA) is 43.3 Å². The van der Waals surface area contributed by atoms with Crippen LogP contribution in [0.4, 0.5) is 0 Å². The molecule has 0 saturated carbocycles. The van der Waals surface area contributed by atoms with Gasteiger partial charge in [-0.2, -0.15) is 5.10 Å². The second-order valence-corrected chi connectivity index (χ2v) is 4.32. The Balaban J connectivity index is 2.80. The lowest BCUT2D eigenvalue weighted by atomic mass is 10.1. The van der Waals surface area contributed by atoms with Crippen molar-refractivity contribution in [3.8, 4) is 0 Å². The van der Waals surface area contributed by atoms with Crippen molar-refractivity contribution in [1.82, 2.24) is 9.61 Å². The third-order valence-electron chi connectivity index (χ3n) is 2.41. The standard InChI is InChI=1S/C11H12BrN3/c1-3-9-10(7(2)13)5-14-15-6-8(12)4-11(9)15/h4-6H,2-3,13H2,1H3. The van der Waals surface area contributed by atoms with Crippen molar-refractivity contribution in [2.24, 2.45) is 5.73 Å². The van der Waals surface area contributed by atoms with E-state index in [0.29, 0.717) is 5.70 Å². The first kappa shape index (κ1) is 10.2. The predicted octanol–water partition coefficient (Wildman–Crippen LogP) is 2.59. The number of rotatable bonds is 2. The summed E-state index contributed by atoms with van der Waals surface area (Å²) in [5.74, 6) is 0. The number of nitrogens with two attached hydrogens (primary N) is 1. The summed E-state index contributed by atoms with van der Waals surface area (Å²) in [6, 6.07) is 2.04. The Kier molecular flexibility index (Phi) is 2.52. The van der Waals surface area contributed by atoms with Gasteiger partial charge in [-0.15, -0.1) is 0 Å². The van der Waals surface area contributed by atoms with Crippen molar-refractivity contribution in [3.63, 3.8) is 0 Å². The fraction of sp³-hybridized carbons (Fsp3) is 0.182. The number of aromatic nitrogens is 2. The summed E-state index contributed by atoms with van der Waals surface area (Å²) in [6.45, 7) is 5.86. The fourth-order valence-electron chi connectivity index (χ4n) is 1.73. The number of nitrogens with zero attached hydrogens (tertiary/aromatic N) is 2. The third kappa shape index (κ3) is 1.65. The molecule has 4 heteroatoms. The van der Waals surface area contributed by atoms with Gasteiger partial charge < -0.3 is 5.73 Å². The van der Waals surface area contributed by atoms with Crippen molar-refractivity contribution in [2.45, 2.75) is 13.3 Å². The zero-order chi connectivity index (χ0) is 11.0. The second-order valence-electron chi connectivity index (χ2n) is 3.40. The van der Waals surface area contributed by atoms with Crippen molar-refractivity contribution in [2.75, 3.05) is 0 Å². The Bertz CT molecular complexity index is 528. The highest BCUT2D eigenvalue weighted by atomic mass is 79.9. The Labute approximate surface area is 96.7 Å². The third-order valence-corrected chi connectivity index (χ3v) is 2.85. The Hall–Kier alpha value is -1.29. The van der Waals surface area contributed by atoms with Crippen LogP contribution in [-0.2, 0) is 6.42 Å². The number of halogens is 1. The van der Waals surface area contributed by atoms with Crippen LogP contribution in [0.5, 0.6) is 0 Å². The van der Waals surface area contributed by atoms with Crippen LogP contribution in [0, 0.1) is 0 Å². The van der Waals surface area contributed by atoms with Crippen LogP contribution in [0.3, 0.4) is 0 Å². The lowest BCUT2D eigenvalue weighted by Gasteiger charge is -2.08. The minimum absolute atomic E-state index is 0.569. The van der Waals surface area contributed by atoms with E-state index in [9.17, 15) is 0 Å². The van der Waals surface area contributed by atoms with Crippen molar-refractivity contribution in [1.29, 1.82) is 0 Å². The first-order chi connectivity index (χ1) is 7.13. The van der Waals surface area contributed by atoms with Crippen LogP contribution in [0.15, 0.2) is 29.5 Å². The summed E-state index contributed by atoms with van der Waals surface area (Å²) >= 11 is 3.44. The van der Waals surface area contributed by atoms with Crippen LogP contribution < -0.4 is 5.73 Å². The highest BCUT2D eigenvalue weighted by Gasteiger charge is 2.09. The fourth-order valence-corrected chi connectivity index (χ4v) is 2.14. The summed E-state index contributed by atoms with van der Waals surface area (Å²) in [4.78, 5) is 0. The molecule has 0 aliphatic carbocycles. The molecule has 0 atom stereocenters. The highest BCUT2D eigenvalue weighted by Crippen LogP contribution is 2.23. The van der Waals surface area contributed by atoms with Gasteiger partial charge in [-0.1, -0.05) is 13.5 Å². The molecule has 0 radical (unpaired) electrons. The molecule has 2 aromatic heterocycles. The van der Waals surface area contributed by atoms with E-state index < -0.39 is 0 Å². The molecule has 78 valence electrons. The zero-order valence-corrected chi connectivity index (χ0v) is 10.1. The monoisotopic (exact) mass is 265 g/mol. The minimum atomic E-state index is 0.569. The molecule has 2 aromatic rings. The Morgan fingerprint density at radius 1 is 1.67 bits per heavy atom. The van der Waals surface area contributed by atoms with E-state index in [4.69, 9.17) is 5.73 Å². The molecule has 0 saturated heterocycles. The van der Waals surface area contributed by atoms with Gasteiger partial charge in [0.25, 0.3) is 0 Å². The van der Waals surface area contributed by atoms with Gasteiger partial charge in [-0.05, 0) is 34.0 Å². The van der Waals surface area contributed by atoms with E-state index in [1.54, 1.807) is 6.20 Å². The van der Waals surface area contributed by atoms with Gasteiger partial charge >= 0.3 is 0 Å². The van der Waals surface area contributed by atoms with Gasteiger partial charge in [0.05, 0.1) is 11.7 Å². The molecule has 2 heterocycles. The lowest BCUT2D eigenvalue weighted by molar-refractivity contribution is 0.915. The molecule has 2 N–H and O–H groups in total. The molecular weight excluding hydrogens is 254 g/mol. The Morgan fingerprint density at radius 3 is 3.00 bits per heavy atom. The van der Waals surface area contributed by atoms with Gasteiger partial charge in [-0.3, -0.25) is 0 Å². The highest BCUT2D eigenvalue weighted by molar-refractivity contribution is 9.10. The quantitative estimate of drug-likeness (QED) is 0.907. The van der Waals surface area contributed by atoms with E-state index in [0.717, 1.165) is 22.0 Å². The van der Waals surface area contributed by atoms with Gasteiger partial charge in [0.1, 0.15) is 0 Å². The van der Waals surface area contributed by atoms with Gasteiger partial charge in [-0.25, -0.2) is 4.52 Å². The van der Waals surface area contributed by atoms with Crippen molar-refractivity contribution in [3.05, 3.63) is 40.6 Å². The zero-order valence-electron chi connectivity index (χ0n) is 8.50. The number of aryl methyl sites for hydroxylation is 1. The van der Waals surface area contributed by atoms with Crippen LogP contribution in [0.1, 0.15) is 18.1 Å². The second kappa shape index (κ2) is 3.70. The van der Waals surface area contributed by atoms with Crippen LogP contribution in [0.2, 0.25) is 0 Å². The largest absolute Gasteiger partial charge is 0.399 e. The van der Waals surface area contributed by atoms with Crippen molar-refractivity contribution >= 4 is 27.1 Å². The molecule has 0 bridgehead atoms. The maximum absolute atomic E-state index is 5.73. The maximum atomic E-state index is 5.73. The molecular formula is C11H12BrN3. The summed E-state index contributed by atoms with van der Waals surface area (Å²) in [5, 5.41) is 4.28. The van der Waals surface area contributed by atoms with Crippen LogP contribution in [-0.4, -0.2) is 9.61 Å². The molecule has 0 aliphatic heterocycles. The summed E-state index contributed by atoms with van der Waals surface area (Å²) in [6.07, 6.45) is 4.60. The van der Waals surface area contributed by atoms with Crippen LogP contribution >= 0.6 is 15.9 Å². The molecule has 15 heavy (non-hydrogen) atoms. The average molecular weight is 266 g/mol. The van der Waals surface area contributed by atoms with E-state index in [1.807, 2.05) is 16.8 Å². The van der Waals surface area contributed by atoms with E-state index >= 15 is 0 Å². The SMILES string of the molecule is C=C(N)c1cnn2cc(Br)cc2c1CC. The summed E-state index contributed by atoms with van der Waals surface area (Å²) in [7, 11) is 0. The van der Waals surface area contributed by atoms with Crippen LogP contribution in [0.25, 0.3) is 11.2 Å². The molecule has 0 amide bonds. The molecule has 3 nitrogen and oxygen atoms in total. The summed E-state index contributed by atoms with van der Waals surface area (Å²) < 4.78 is 2.86. The normalized spacial score (nSPS) is 10.8. The van der Waals surface area contributed by atoms with E-state index in [2.05, 4.69) is 34.5 Å². The first-order valence-electron chi connectivity index (χ1n) is 4.74. The number of hydrogen-bond acceptors (Lipinski definition) is 2. The van der Waals surface area contributed by atoms with E-state index in [1.165, 1.54) is 5.56 Å². The molecule has 0 aromatic carbocycles. The molecule has 0 aliphatic rings. The number of fused-ring (bicyclic) bond motifs is 1. The maximum Gasteiger partial charge on any atom is 0.0696 e. The summed E-state index contributed by atoms with van der Waals surface area (Å²) in [5.41, 5.74) is 9.50. The van der Waals surface area contributed by atoms with E-state index in [-0.39, 0.29) is 0 Å². The van der Waals surface area contributed by atoms with Gasteiger partial charge in [0.2, 0.25) is 0 Å². The predicted molar refractivity (Wildman–Crippen MR) is 65.5 cm³/mol. The number of hydrogen-bond donors (Lipinski definition) is 1. The lowest BCUT2D eigenvalue weighted by Crippen LogP contribution is -2.03. The smallest absolute Gasteiger partial charge is 0.0696 e.